The molecule has 4 nitrogen and oxygen atoms in total. The predicted molar refractivity (Wildman–Crippen MR) is 23.2 cm³/mol. The summed E-state index contributed by atoms with van der Waals surface area (Å²) in [5.41, 5.74) is 0. The molecule has 0 spiro atoms. The van der Waals surface area contributed by atoms with Crippen molar-refractivity contribution < 1.29 is 36.3 Å². The van der Waals surface area contributed by atoms with E-state index in [-0.39, 0.29) is 54.8 Å². The Labute approximate surface area is 82.1 Å². The zero-order valence-corrected chi connectivity index (χ0v) is 4.85. The molecule has 0 amide bonds. The van der Waals surface area contributed by atoms with Crippen molar-refractivity contribution in [2.24, 2.45) is 0 Å². The molecule has 7 heteroatoms. The van der Waals surface area contributed by atoms with Crippen LogP contribution in [0.1, 0.15) is 0 Å². The average molecular weight is 193 g/mol. The Morgan fingerprint density at radius 1 is 0.857 bits per heavy atom. The third kappa shape index (κ3) is 79.2. The van der Waals surface area contributed by atoms with Crippen molar-refractivity contribution in [3.8, 4) is 0 Å². The topological polar surface area (TPSA) is 80.9 Å². The first kappa shape index (κ1) is 15.9. The first-order chi connectivity index (χ1) is 2.00. The molecule has 43 valence electrons. The quantitative estimate of drug-likeness (QED) is 0.301. The van der Waals surface area contributed by atoms with E-state index in [9.17, 15) is 0 Å². The van der Waals surface area contributed by atoms with Gasteiger partial charge in [0.25, 0.3) is 0 Å². The van der Waals surface area contributed by atoms with Crippen molar-refractivity contribution in [1.29, 1.82) is 0 Å². The summed E-state index contributed by atoms with van der Waals surface area (Å²) >= 11 is 0. The summed E-state index contributed by atoms with van der Waals surface area (Å²) in [5.74, 6) is 0. The van der Waals surface area contributed by atoms with Gasteiger partial charge in [-0.05, 0) is 0 Å². The molecule has 0 saturated heterocycles. The van der Waals surface area contributed by atoms with E-state index in [0.717, 1.165) is 0 Å². The van der Waals surface area contributed by atoms with E-state index in [1.807, 2.05) is 0 Å². The molecular formula is H6CaMnO4Si. The van der Waals surface area contributed by atoms with Gasteiger partial charge in [0, 0.05) is 17.1 Å². The second-order valence-corrected chi connectivity index (χ2v) is 1.80. The summed E-state index contributed by atoms with van der Waals surface area (Å²) in [6.45, 7) is 0. The Morgan fingerprint density at radius 3 is 0.857 bits per heavy atom. The van der Waals surface area contributed by atoms with E-state index in [2.05, 4.69) is 0 Å². The van der Waals surface area contributed by atoms with Crippen LogP contribution in [0.15, 0.2) is 0 Å². The van der Waals surface area contributed by atoms with Gasteiger partial charge < -0.3 is 19.2 Å². The number of hydrogen-bond donors (Lipinski definition) is 4. The standard InChI is InChI=1S/Ca.Mn.H4O4Si.2H/c;;1-5(2,3)4;;/h;;1-4H;;. The number of rotatable bonds is 0. The molecule has 0 aliphatic rings. The maximum absolute atomic E-state index is 7.33. The molecule has 0 rings (SSSR count). The summed E-state index contributed by atoms with van der Waals surface area (Å²) in [4.78, 5) is 29.3. The normalized spacial score (nSPS) is 8.57. The fraction of sp³-hybridized carbons (Fsp3) is 0. The van der Waals surface area contributed by atoms with Crippen molar-refractivity contribution in [3.05, 3.63) is 0 Å². The Hall–Kier alpha value is 1.84. The van der Waals surface area contributed by atoms with E-state index in [1.54, 1.807) is 0 Å². The molecule has 0 atom stereocenters. The molecule has 7 heavy (non-hydrogen) atoms. The van der Waals surface area contributed by atoms with Crippen LogP contribution in [0.3, 0.4) is 0 Å². The Bertz CT molecular complexity index is 27.2. The summed E-state index contributed by atoms with van der Waals surface area (Å²) in [6.07, 6.45) is 0. The fourth-order valence-corrected chi connectivity index (χ4v) is 0. The van der Waals surface area contributed by atoms with Gasteiger partial charge in [-0.1, -0.05) is 0 Å². The van der Waals surface area contributed by atoms with Gasteiger partial charge in [-0.15, -0.1) is 0 Å². The van der Waals surface area contributed by atoms with Crippen LogP contribution >= 0.6 is 0 Å². The van der Waals surface area contributed by atoms with E-state index in [4.69, 9.17) is 19.2 Å². The van der Waals surface area contributed by atoms with E-state index < -0.39 is 9.05 Å². The van der Waals surface area contributed by atoms with Gasteiger partial charge in [0.15, 0.2) is 0 Å². The fourth-order valence-electron chi connectivity index (χ4n) is 0. The molecule has 0 bridgehead atoms. The second-order valence-electron chi connectivity index (χ2n) is 0.600. The molecule has 4 N–H and O–H groups in total. The van der Waals surface area contributed by atoms with Crippen LogP contribution in [-0.4, -0.2) is 66.0 Å². The molecule has 0 saturated carbocycles. The monoisotopic (exact) mass is 193 g/mol. The van der Waals surface area contributed by atoms with E-state index in [1.165, 1.54) is 0 Å². The maximum Gasteiger partial charge on any atom is 0 e. The average Bonchev–Trinajstić information content (AvgIpc) is 0.722. The molecule has 0 heterocycles. The van der Waals surface area contributed by atoms with Gasteiger partial charge in [-0.3, -0.25) is 0 Å². The Kier molecular flexibility index (Phi) is 13.6. The van der Waals surface area contributed by atoms with Gasteiger partial charge >= 0.3 is 46.8 Å². The largest absolute Gasteiger partial charge is 0 e. The van der Waals surface area contributed by atoms with Gasteiger partial charge in [0.1, 0.15) is 0 Å². The van der Waals surface area contributed by atoms with Crippen molar-refractivity contribution in [2.45, 2.75) is 0 Å². The van der Waals surface area contributed by atoms with E-state index in [0.29, 0.717) is 0 Å². The SMILES string of the molecule is O[Si](O)(O)O.[CaH2].[Mn]. The van der Waals surface area contributed by atoms with Gasteiger partial charge in [-0.25, -0.2) is 0 Å². The molecule has 0 aliphatic carbocycles. The zero-order chi connectivity index (χ0) is 4.50. The molecular weight excluding hydrogens is 187 g/mol. The van der Waals surface area contributed by atoms with Crippen LogP contribution < -0.4 is 0 Å². The first-order valence-electron chi connectivity index (χ1n) is 0.894. The van der Waals surface area contributed by atoms with Crippen LogP contribution in [0.5, 0.6) is 0 Å². The molecule has 1 radical (unpaired) electrons. The Morgan fingerprint density at radius 2 is 0.857 bits per heavy atom. The first-order valence-corrected chi connectivity index (χ1v) is 2.68. The summed E-state index contributed by atoms with van der Waals surface area (Å²) in [6, 6.07) is 0. The van der Waals surface area contributed by atoms with Crippen LogP contribution in [0.4, 0.5) is 0 Å². The summed E-state index contributed by atoms with van der Waals surface area (Å²) in [5, 5.41) is 0. The van der Waals surface area contributed by atoms with E-state index >= 15 is 0 Å². The minimum absolute atomic E-state index is 0. The number of hydrogen-bond acceptors (Lipinski definition) is 4. The summed E-state index contributed by atoms with van der Waals surface area (Å²) < 4.78 is 0. The molecule has 0 aromatic heterocycles. The minimum atomic E-state index is -4.61. The van der Waals surface area contributed by atoms with Crippen molar-refractivity contribution >= 4 is 46.8 Å². The predicted octanol–water partition coefficient (Wildman–Crippen LogP) is -3.53. The maximum atomic E-state index is 7.33. The smallest absolute Gasteiger partial charge is 0 e. The third-order valence-corrected chi connectivity index (χ3v) is 0. The minimum Gasteiger partial charge on any atom is 0 e. The van der Waals surface area contributed by atoms with Crippen LogP contribution in [0.2, 0.25) is 0 Å². The Balaban J connectivity index is -0.0000000800. The zero-order valence-electron chi connectivity index (χ0n) is 2.67. The van der Waals surface area contributed by atoms with Gasteiger partial charge in [0.2, 0.25) is 0 Å². The second kappa shape index (κ2) is 5.96. The van der Waals surface area contributed by atoms with Crippen LogP contribution in [-0.2, 0) is 17.1 Å². The molecule has 0 aromatic rings. The van der Waals surface area contributed by atoms with Crippen LogP contribution in [0, 0.1) is 0 Å². The summed E-state index contributed by atoms with van der Waals surface area (Å²) in [7, 11) is -4.61. The van der Waals surface area contributed by atoms with Crippen molar-refractivity contribution in [3.63, 3.8) is 0 Å². The molecule has 0 aliphatic heterocycles. The third-order valence-electron chi connectivity index (χ3n) is 0. The van der Waals surface area contributed by atoms with Crippen molar-refractivity contribution in [2.75, 3.05) is 0 Å². The van der Waals surface area contributed by atoms with Crippen molar-refractivity contribution in [1.82, 2.24) is 0 Å². The van der Waals surface area contributed by atoms with Crippen LogP contribution in [0.25, 0.3) is 0 Å². The molecule has 0 fully saturated rings. The molecule has 0 aromatic carbocycles. The molecule has 0 unspecified atom stereocenters. The van der Waals surface area contributed by atoms with Gasteiger partial charge in [0.05, 0.1) is 0 Å². The van der Waals surface area contributed by atoms with Gasteiger partial charge in [-0.2, -0.15) is 0 Å².